The van der Waals surface area contributed by atoms with Crippen LogP contribution in [0.3, 0.4) is 0 Å². The summed E-state index contributed by atoms with van der Waals surface area (Å²) in [7, 11) is 0. The predicted molar refractivity (Wildman–Crippen MR) is 98.3 cm³/mol. The van der Waals surface area contributed by atoms with Gasteiger partial charge in [0.1, 0.15) is 6.10 Å². The van der Waals surface area contributed by atoms with E-state index in [1.165, 1.54) is 6.42 Å². The van der Waals surface area contributed by atoms with Gasteiger partial charge in [0.25, 0.3) is 0 Å². The Balaban J connectivity index is 1.82. The summed E-state index contributed by atoms with van der Waals surface area (Å²) in [6.07, 6.45) is 4.57. The maximum absolute atomic E-state index is 13.1. The van der Waals surface area contributed by atoms with E-state index in [0.29, 0.717) is 11.5 Å². The molecule has 0 heterocycles. The number of hydrogen-bond donors (Lipinski definition) is 0. The van der Waals surface area contributed by atoms with Gasteiger partial charge in [-0.25, -0.2) is 4.79 Å². The summed E-state index contributed by atoms with van der Waals surface area (Å²) in [6, 6.07) is 18.3. The van der Waals surface area contributed by atoms with Crippen molar-refractivity contribution in [1.29, 1.82) is 0 Å². The summed E-state index contributed by atoms with van der Waals surface area (Å²) < 4.78 is 5.97. The van der Waals surface area contributed by atoms with Crippen molar-refractivity contribution >= 4 is 27.5 Å². The number of fused-ring (bicyclic) bond motifs is 2. The summed E-state index contributed by atoms with van der Waals surface area (Å²) in [6.45, 7) is 2.19. The molecular weight excluding hydrogens is 296 g/mol. The van der Waals surface area contributed by atoms with Crippen LogP contribution in [0.1, 0.15) is 43.0 Å². The Morgan fingerprint density at radius 1 is 0.917 bits per heavy atom. The van der Waals surface area contributed by atoms with Gasteiger partial charge in [-0.05, 0) is 52.8 Å². The van der Waals surface area contributed by atoms with E-state index in [1.54, 1.807) is 0 Å². The van der Waals surface area contributed by atoms with Gasteiger partial charge in [-0.2, -0.15) is 0 Å². The number of hydrogen-bond acceptors (Lipinski definition) is 2. The zero-order valence-corrected chi connectivity index (χ0v) is 14.0. The second-order valence-corrected chi connectivity index (χ2v) is 6.90. The lowest BCUT2D eigenvalue weighted by atomic mass is 9.88. The minimum absolute atomic E-state index is 0.0454. The molecule has 4 rings (SSSR count). The standard InChI is InChI=1S/C22H22O2/c1-15-8-2-7-13-20(15)24-22(23)21-18-11-5-3-9-16(18)14-17-10-4-6-12-19(17)21/h3-6,9-12,14-15,20H,2,7-8,13H2,1H3/t15-,20-/m1/s1. The summed E-state index contributed by atoms with van der Waals surface area (Å²) in [5, 5.41) is 4.12. The fourth-order valence-electron chi connectivity index (χ4n) is 3.89. The van der Waals surface area contributed by atoms with Crippen LogP contribution >= 0.6 is 0 Å². The van der Waals surface area contributed by atoms with Gasteiger partial charge in [0.15, 0.2) is 0 Å². The monoisotopic (exact) mass is 318 g/mol. The third kappa shape index (κ3) is 2.66. The van der Waals surface area contributed by atoms with Gasteiger partial charge < -0.3 is 4.74 Å². The smallest absolute Gasteiger partial charge is 0.339 e. The first-order valence-electron chi connectivity index (χ1n) is 8.85. The molecule has 0 spiro atoms. The van der Waals surface area contributed by atoms with Crippen molar-refractivity contribution in [2.45, 2.75) is 38.7 Å². The van der Waals surface area contributed by atoms with E-state index in [9.17, 15) is 4.79 Å². The third-order valence-electron chi connectivity index (χ3n) is 5.27. The Kier molecular flexibility index (Phi) is 3.97. The average molecular weight is 318 g/mol. The molecule has 0 N–H and O–H groups in total. The first-order valence-corrected chi connectivity index (χ1v) is 8.85. The van der Waals surface area contributed by atoms with E-state index in [0.717, 1.165) is 40.8 Å². The van der Waals surface area contributed by atoms with Gasteiger partial charge in [0, 0.05) is 0 Å². The van der Waals surface area contributed by atoms with Crippen molar-refractivity contribution in [2.75, 3.05) is 0 Å². The molecule has 24 heavy (non-hydrogen) atoms. The highest BCUT2D eigenvalue weighted by atomic mass is 16.5. The van der Waals surface area contributed by atoms with Crippen molar-refractivity contribution in [3.8, 4) is 0 Å². The van der Waals surface area contributed by atoms with Crippen LogP contribution in [-0.4, -0.2) is 12.1 Å². The maximum Gasteiger partial charge on any atom is 0.339 e. The zero-order valence-electron chi connectivity index (χ0n) is 14.0. The first-order chi connectivity index (χ1) is 11.7. The number of carbonyl (C=O) groups is 1. The predicted octanol–water partition coefficient (Wildman–Crippen LogP) is 5.73. The van der Waals surface area contributed by atoms with E-state index in [-0.39, 0.29) is 12.1 Å². The normalized spacial score (nSPS) is 21.0. The molecule has 0 amide bonds. The summed E-state index contributed by atoms with van der Waals surface area (Å²) in [5.41, 5.74) is 0.710. The molecular formula is C22H22O2. The molecule has 1 fully saturated rings. The molecule has 0 aliphatic heterocycles. The molecule has 122 valence electrons. The second-order valence-electron chi connectivity index (χ2n) is 6.90. The first kappa shape index (κ1) is 15.2. The van der Waals surface area contributed by atoms with Crippen LogP contribution < -0.4 is 0 Å². The zero-order chi connectivity index (χ0) is 16.5. The lowest BCUT2D eigenvalue weighted by molar-refractivity contribution is 0.00523. The van der Waals surface area contributed by atoms with E-state index < -0.39 is 0 Å². The minimum Gasteiger partial charge on any atom is -0.458 e. The van der Waals surface area contributed by atoms with E-state index >= 15 is 0 Å². The maximum atomic E-state index is 13.1. The van der Waals surface area contributed by atoms with Gasteiger partial charge in [-0.1, -0.05) is 61.9 Å². The Morgan fingerprint density at radius 2 is 1.50 bits per heavy atom. The van der Waals surface area contributed by atoms with Gasteiger partial charge in [-0.3, -0.25) is 0 Å². The van der Waals surface area contributed by atoms with Gasteiger partial charge in [-0.15, -0.1) is 0 Å². The number of rotatable bonds is 2. The Morgan fingerprint density at radius 3 is 2.12 bits per heavy atom. The SMILES string of the molecule is C[C@@H]1CCCC[C@H]1OC(=O)c1c2ccccc2cc2ccccc12. The van der Waals surface area contributed by atoms with Crippen molar-refractivity contribution in [3.05, 3.63) is 60.2 Å². The van der Waals surface area contributed by atoms with E-state index in [4.69, 9.17) is 4.74 Å². The molecule has 1 aliphatic carbocycles. The molecule has 1 aliphatic rings. The molecule has 0 bridgehead atoms. The largest absolute Gasteiger partial charge is 0.458 e. The van der Waals surface area contributed by atoms with Crippen LogP contribution in [0, 0.1) is 5.92 Å². The quantitative estimate of drug-likeness (QED) is 0.445. The third-order valence-corrected chi connectivity index (χ3v) is 5.27. The Labute approximate surface area is 142 Å². The lowest BCUT2D eigenvalue weighted by Crippen LogP contribution is -2.28. The van der Waals surface area contributed by atoms with Crippen LogP contribution in [0.2, 0.25) is 0 Å². The molecule has 2 nitrogen and oxygen atoms in total. The molecule has 0 saturated heterocycles. The number of carbonyl (C=O) groups excluding carboxylic acids is 1. The van der Waals surface area contributed by atoms with Gasteiger partial charge in [0.05, 0.1) is 5.56 Å². The minimum atomic E-state index is -0.179. The van der Waals surface area contributed by atoms with Crippen LogP contribution in [-0.2, 0) is 4.74 Å². The number of ether oxygens (including phenoxy) is 1. The highest BCUT2D eigenvalue weighted by molar-refractivity contribution is 6.16. The van der Waals surface area contributed by atoms with Crippen molar-refractivity contribution in [1.82, 2.24) is 0 Å². The van der Waals surface area contributed by atoms with Crippen molar-refractivity contribution in [2.24, 2.45) is 5.92 Å². The highest BCUT2D eigenvalue weighted by Crippen LogP contribution is 2.32. The van der Waals surface area contributed by atoms with E-state index in [1.807, 2.05) is 36.4 Å². The molecule has 2 heteroatoms. The second kappa shape index (κ2) is 6.27. The Hall–Kier alpha value is -2.35. The molecule has 3 aromatic rings. The van der Waals surface area contributed by atoms with Gasteiger partial charge in [0.2, 0.25) is 0 Å². The topological polar surface area (TPSA) is 26.3 Å². The number of esters is 1. The summed E-state index contributed by atoms with van der Waals surface area (Å²) in [5.74, 6) is 0.269. The summed E-state index contributed by atoms with van der Waals surface area (Å²) >= 11 is 0. The molecule has 0 radical (unpaired) electrons. The van der Waals surface area contributed by atoms with E-state index in [2.05, 4.69) is 25.1 Å². The van der Waals surface area contributed by atoms with Gasteiger partial charge >= 0.3 is 5.97 Å². The molecule has 0 unspecified atom stereocenters. The fourth-order valence-corrected chi connectivity index (χ4v) is 3.89. The highest BCUT2D eigenvalue weighted by Gasteiger charge is 2.26. The van der Waals surface area contributed by atoms with Crippen LogP contribution in [0.5, 0.6) is 0 Å². The van der Waals surface area contributed by atoms with Crippen LogP contribution in [0.4, 0.5) is 0 Å². The molecule has 1 saturated carbocycles. The summed E-state index contributed by atoms with van der Waals surface area (Å²) in [4.78, 5) is 13.1. The van der Waals surface area contributed by atoms with Crippen molar-refractivity contribution < 1.29 is 9.53 Å². The number of benzene rings is 3. The molecule has 3 aromatic carbocycles. The lowest BCUT2D eigenvalue weighted by Gasteiger charge is -2.28. The van der Waals surface area contributed by atoms with Crippen LogP contribution in [0.15, 0.2) is 54.6 Å². The van der Waals surface area contributed by atoms with Crippen molar-refractivity contribution in [3.63, 3.8) is 0 Å². The molecule has 2 atom stereocenters. The molecule has 0 aromatic heterocycles. The fraction of sp³-hybridized carbons (Fsp3) is 0.318. The van der Waals surface area contributed by atoms with Crippen LogP contribution in [0.25, 0.3) is 21.5 Å². The Bertz CT molecular complexity index is 843. The average Bonchev–Trinajstić information content (AvgIpc) is 2.61.